The summed E-state index contributed by atoms with van der Waals surface area (Å²) in [5.41, 5.74) is 2.95. The second-order valence-electron chi connectivity index (χ2n) is 5.13. The summed E-state index contributed by atoms with van der Waals surface area (Å²) in [6.07, 6.45) is 0.715. The number of aliphatic hydroxyl groups excluding tert-OH is 1. The van der Waals surface area contributed by atoms with Crippen molar-refractivity contribution in [2.24, 2.45) is 0 Å². The molecule has 2 aromatic rings. The minimum absolute atomic E-state index is 0.106. The van der Waals surface area contributed by atoms with Gasteiger partial charge in [-0.2, -0.15) is 4.68 Å². The molecule has 1 aromatic heterocycles. The van der Waals surface area contributed by atoms with E-state index in [2.05, 4.69) is 5.10 Å². The number of hydrogen-bond donors (Lipinski definition) is 1. The number of aryl methyl sites for hydroxylation is 3. The summed E-state index contributed by atoms with van der Waals surface area (Å²) in [7, 11) is 0. The Balaban J connectivity index is 2.18. The predicted octanol–water partition coefficient (Wildman–Crippen LogP) is 2.14. The van der Waals surface area contributed by atoms with Crippen molar-refractivity contribution >= 4 is 0 Å². The summed E-state index contributed by atoms with van der Waals surface area (Å²) in [6.45, 7) is 6.05. The Labute approximate surface area is 117 Å². The van der Waals surface area contributed by atoms with Gasteiger partial charge in [0.05, 0.1) is 12.6 Å². The van der Waals surface area contributed by atoms with Gasteiger partial charge in [-0.3, -0.25) is 0 Å². The van der Waals surface area contributed by atoms with Crippen LogP contribution in [0.5, 0.6) is 0 Å². The molecule has 1 aromatic carbocycles. The third kappa shape index (κ3) is 3.36. The fourth-order valence-electron chi connectivity index (χ4n) is 2.25. The van der Waals surface area contributed by atoms with Crippen LogP contribution in [-0.4, -0.2) is 14.9 Å². The first-order valence-corrected chi connectivity index (χ1v) is 6.82. The van der Waals surface area contributed by atoms with Crippen LogP contribution in [0.3, 0.4) is 0 Å². The maximum Gasteiger partial charge on any atom is 0.437 e. The Morgan fingerprint density at radius 1 is 1.30 bits per heavy atom. The van der Waals surface area contributed by atoms with Crippen molar-refractivity contribution in [2.75, 3.05) is 0 Å². The van der Waals surface area contributed by atoms with Gasteiger partial charge >= 0.3 is 5.76 Å². The van der Waals surface area contributed by atoms with Gasteiger partial charge in [-0.1, -0.05) is 36.2 Å². The fraction of sp³-hybridized carbons (Fsp3) is 0.467. The molecule has 0 amide bonds. The van der Waals surface area contributed by atoms with Crippen LogP contribution in [0.2, 0.25) is 0 Å². The Bertz CT molecular complexity index is 623. The first-order valence-electron chi connectivity index (χ1n) is 6.82. The molecule has 2 rings (SSSR count). The average Bonchev–Trinajstić information content (AvgIpc) is 2.69. The van der Waals surface area contributed by atoms with Crippen LogP contribution in [0.4, 0.5) is 0 Å². The molecule has 1 atom stereocenters. The van der Waals surface area contributed by atoms with E-state index in [9.17, 15) is 9.90 Å². The lowest BCUT2D eigenvalue weighted by Crippen LogP contribution is -2.20. The van der Waals surface area contributed by atoms with Crippen molar-refractivity contribution in [3.8, 4) is 0 Å². The van der Waals surface area contributed by atoms with Gasteiger partial charge < -0.3 is 9.52 Å². The first-order chi connectivity index (χ1) is 9.49. The van der Waals surface area contributed by atoms with Crippen LogP contribution in [0.15, 0.2) is 27.4 Å². The molecule has 108 valence electrons. The molecule has 20 heavy (non-hydrogen) atoms. The largest absolute Gasteiger partial charge is 0.437 e. The number of aliphatic hydroxyl groups is 1. The molecule has 0 saturated heterocycles. The predicted molar refractivity (Wildman–Crippen MR) is 75.6 cm³/mol. The molecule has 0 aliphatic heterocycles. The van der Waals surface area contributed by atoms with Crippen molar-refractivity contribution in [2.45, 2.75) is 46.3 Å². The molecule has 0 bridgehead atoms. The normalized spacial score (nSPS) is 12.6. The number of benzene rings is 1. The molecule has 1 N–H and O–H groups in total. The van der Waals surface area contributed by atoms with Gasteiger partial charge in [0, 0.05) is 6.42 Å². The van der Waals surface area contributed by atoms with Crippen LogP contribution in [0.1, 0.15) is 42.0 Å². The first kappa shape index (κ1) is 14.5. The lowest BCUT2D eigenvalue weighted by atomic mass is 10.0. The topological polar surface area (TPSA) is 68.3 Å². The number of nitrogens with zero attached hydrogens (tertiary/aromatic N) is 2. The van der Waals surface area contributed by atoms with E-state index < -0.39 is 11.9 Å². The fourth-order valence-corrected chi connectivity index (χ4v) is 2.25. The molecule has 5 nitrogen and oxygen atoms in total. The van der Waals surface area contributed by atoms with E-state index in [0.29, 0.717) is 12.3 Å². The molecule has 5 heteroatoms. The number of hydrogen-bond acceptors (Lipinski definition) is 4. The highest BCUT2D eigenvalue weighted by Crippen LogP contribution is 2.18. The molecule has 0 radical (unpaired) electrons. The summed E-state index contributed by atoms with van der Waals surface area (Å²) in [5, 5.41) is 14.3. The molecule has 0 saturated carbocycles. The van der Waals surface area contributed by atoms with Gasteiger partial charge in [-0.05, 0) is 25.8 Å². The highest BCUT2D eigenvalue weighted by molar-refractivity contribution is 5.29. The van der Waals surface area contributed by atoms with Crippen molar-refractivity contribution < 1.29 is 9.52 Å². The molecule has 0 aliphatic carbocycles. The summed E-state index contributed by atoms with van der Waals surface area (Å²) < 4.78 is 6.21. The Morgan fingerprint density at radius 2 is 1.95 bits per heavy atom. The Hall–Kier alpha value is -1.88. The van der Waals surface area contributed by atoms with E-state index in [4.69, 9.17) is 4.42 Å². The zero-order chi connectivity index (χ0) is 14.7. The van der Waals surface area contributed by atoms with Gasteiger partial charge in [0.1, 0.15) is 0 Å². The average molecular weight is 276 g/mol. The van der Waals surface area contributed by atoms with E-state index in [1.54, 1.807) is 0 Å². The van der Waals surface area contributed by atoms with E-state index in [1.807, 2.05) is 39.0 Å². The van der Waals surface area contributed by atoms with Gasteiger partial charge in [-0.15, -0.1) is 5.10 Å². The zero-order valence-electron chi connectivity index (χ0n) is 12.1. The second kappa shape index (κ2) is 6.05. The van der Waals surface area contributed by atoms with Crippen molar-refractivity contribution in [3.63, 3.8) is 0 Å². The maximum atomic E-state index is 11.6. The lowest BCUT2D eigenvalue weighted by molar-refractivity contribution is 0.148. The van der Waals surface area contributed by atoms with Crippen LogP contribution < -0.4 is 5.76 Å². The molecule has 1 unspecified atom stereocenters. The zero-order valence-corrected chi connectivity index (χ0v) is 12.1. The highest BCUT2D eigenvalue weighted by atomic mass is 16.4. The van der Waals surface area contributed by atoms with Gasteiger partial charge in [-0.25, -0.2) is 4.79 Å². The summed E-state index contributed by atoms with van der Waals surface area (Å²) in [5.74, 6) is -0.0954. The highest BCUT2D eigenvalue weighted by Gasteiger charge is 2.14. The molecule has 0 aliphatic rings. The van der Waals surface area contributed by atoms with Crippen LogP contribution in [-0.2, 0) is 13.0 Å². The monoisotopic (exact) mass is 276 g/mol. The maximum absolute atomic E-state index is 11.6. The molecular formula is C15H20N2O3. The minimum atomic E-state index is -0.772. The molecule has 0 fully saturated rings. The molecule has 1 heterocycles. The quantitative estimate of drug-likeness (QED) is 0.908. The van der Waals surface area contributed by atoms with Gasteiger partial charge in [0.15, 0.2) is 0 Å². The van der Waals surface area contributed by atoms with Crippen molar-refractivity contribution in [1.82, 2.24) is 9.78 Å². The SMILES string of the molecule is CCCc1nn(CC(O)c2cc(C)cc(C)c2)c(=O)o1. The van der Waals surface area contributed by atoms with E-state index >= 15 is 0 Å². The molecule has 0 spiro atoms. The molecular weight excluding hydrogens is 256 g/mol. The Kier molecular flexibility index (Phi) is 4.39. The van der Waals surface area contributed by atoms with Crippen LogP contribution in [0.25, 0.3) is 0 Å². The standard InChI is InChI=1S/C15H20N2O3/c1-4-5-14-16-17(15(19)20-14)9-13(18)12-7-10(2)6-11(3)8-12/h6-8,13,18H,4-5,9H2,1-3H3. The second-order valence-corrected chi connectivity index (χ2v) is 5.13. The number of aromatic nitrogens is 2. The van der Waals surface area contributed by atoms with Gasteiger partial charge in [0.2, 0.25) is 5.89 Å². The van der Waals surface area contributed by atoms with E-state index in [0.717, 1.165) is 23.1 Å². The summed E-state index contributed by atoms with van der Waals surface area (Å²) in [4.78, 5) is 11.6. The van der Waals surface area contributed by atoms with E-state index in [-0.39, 0.29) is 6.54 Å². The summed E-state index contributed by atoms with van der Waals surface area (Å²) in [6, 6.07) is 5.86. The van der Waals surface area contributed by atoms with Crippen molar-refractivity contribution in [3.05, 3.63) is 51.3 Å². The Morgan fingerprint density at radius 3 is 2.55 bits per heavy atom. The third-order valence-electron chi connectivity index (χ3n) is 3.09. The number of rotatable bonds is 5. The van der Waals surface area contributed by atoms with Crippen LogP contribution >= 0.6 is 0 Å². The lowest BCUT2D eigenvalue weighted by Gasteiger charge is -2.11. The summed E-state index contributed by atoms with van der Waals surface area (Å²) >= 11 is 0. The van der Waals surface area contributed by atoms with Gasteiger partial charge in [0.25, 0.3) is 0 Å². The van der Waals surface area contributed by atoms with Crippen molar-refractivity contribution in [1.29, 1.82) is 0 Å². The van der Waals surface area contributed by atoms with E-state index in [1.165, 1.54) is 4.68 Å². The smallest absolute Gasteiger partial charge is 0.392 e. The minimum Gasteiger partial charge on any atom is -0.392 e. The third-order valence-corrected chi connectivity index (χ3v) is 3.09. The van der Waals surface area contributed by atoms with Crippen LogP contribution in [0, 0.1) is 13.8 Å².